The Morgan fingerprint density at radius 1 is 0.929 bits per heavy atom. The minimum atomic E-state index is -0.268. The fourth-order valence-electron chi connectivity index (χ4n) is 5.34. The summed E-state index contributed by atoms with van der Waals surface area (Å²) in [5, 5.41) is 10.1. The van der Waals surface area contributed by atoms with Gasteiger partial charge in [0.1, 0.15) is 5.75 Å². The Morgan fingerprint density at radius 3 is 2.36 bits per heavy atom. The van der Waals surface area contributed by atoms with Gasteiger partial charge in [0.25, 0.3) is 0 Å². The number of benzene rings is 1. The number of aromatic hydroxyl groups is 1. The number of hydrogen-bond acceptors (Lipinski definition) is 3. The first-order valence-corrected chi connectivity index (χ1v) is 9.17. The van der Waals surface area contributed by atoms with Gasteiger partial charge in [-0.05, 0) is 29.8 Å². The largest absolute Gasteiger partial charge is 1.00 e. The van der Waals surface area contributed by atoms with Crippen molar-refractivity contribution < 1.29 is 30.9 Å². The van der Waals surface area contributed by atoms with Gasteiger partial charge in [-0.1, -0.05) is 12.1 Å². The standard InChI is InChI=1S/C23H17NO3.ClH/c25-17-4-5-18-19(11-17)21-12-23(15-6-9-26-13-15,16-7-10-27-14-16)22(18)20-3-1-2-8-24(20)21;/h1-11,13-14,21-22H,12H2;1H. The molecule has 4 aromatic rings. The Labute approximate surface area is 168 Å². The molecule has 0 saturated carbocycles. The highest BCUT2D eigenvalue weighted by Crippen LogP contribution is 2.59. The summed E-state index contributed by atoms with van der Waals surface area (Å²) < 4.78 is 13.4. The molecule has 5 heteroatoms. The van der Waals surface area contributed by atoms with Crippen LogP contribution >= 0.6 is 0 Å². The van der Waals surface area contributed by atoms with Gasteiger partial charge in [-0.25, -0.2) is 0 Å². The number of furan rings is 2. The van der Waals surface area contributed by atoms with E-state index >= 15 is 0 Å². The Hall–Kier alpha value is -2.98. The lowest BCUT2D eigenvalue weighted by Gasteiger charge is -2.48. The van der Waals surface area contributed by atoms with Crippen LogP contribution in [0.4, 0.5) is 0 Å². The SMILES string of the molecule is Oc1ccc2c(c1)C1CC(c3ccoc3)(c3ccoc3)C2c2cccc[n+]21.[Cl-]. The number of hydrogen-bond donors (Lipinski definition) is 1. The number of pyridine rings is 1. The first-order valence-electron chi connectivity index (χ1n) is 9.17. The number of rotatable bonds is 2. The molecule has 140 valence electrons. The van der Waals surface area contributed by atoms with Crippen molar-refractivity contribution in [1.82, 2.24) is 0 Å². The van der Waals surface area contributed by atoms with Crippen LogP contribution in [0.15, 0.2) is 88.6 Å². The van der Waals surface area contributed by atoms with E-state index in [1.54, 1.807) is 18.6 Å². The summed E-state index contributed by atoms with van der Waals surface area (Å²) in [5.41, 5.74) is 5.79. The number of nitrogens with zero attached hydrogens (tertiary/aromatic N) is 1. The Bertz CT molecular complexity index is 1100. The fraction of sp³-hybridized carbons (Fsp3) is 0.174. The number of fused-ring (bicyclic) bond motifs is 1. The van der Waals surface area contributed by atoms with Crippen LogP contribution < -0.4 is 17.0 Å². The molecule has 3 aliphatic rings. The molecule has 1 N–H and O–H groups in total. The third-order valence-corrected chi connectivity index (χ3v) is 6.38. The van der Waals surface area contributed by atoms with Gasteiger partial charge in [-0.2, -0.15) is 4.57 Å². The maximum absolute atomic E-state index is 10.1. The highest BCUT2D eigenvalue weighted by Gasteiger charge is 2.60. The van der Waals surface area contributed by atoms with Gasteiger partial charge in [-0.3, -0.25) is 0 Å². The minimum Gasteiger partial charge on any atom is -1.00 e. The van der Waals surface area contributed by atoms with E-state index in [2.05, 4.69) is 47.2 Å². The molecule has 5 heterocycles. The van der Waals surface area contributed by atoms with Crippen LogP contribution in [0.1, 0.15) is 46.3 Å². The smallest absolute Gasteiger partial charge is 0.190 e. The zero-order valence-electron chi connectivity index (χ0n) is 15.0. The zero-order chi connectivity index (χ0) is 18.0. The molecule has 7 rings (SSSR count). The van der Waals surface area contributed by atoms with Crippen molar-refractivity contribution >= 4 is 0 Å². The van der Waals surface area contributed by atoms with E-state index in [1.807, 2.05) is 18.6 Å². The molecular formula is C23H18ClNO3. The second-order valence-corrected chi connectivity index (χ2v) is 7.49. The van der Waals surface area contributed by atoms with Gasteiger partial charge in [0.05, 0.1) is 36.4 Å². The normalized spacial score (nSPS) is 20.9. The quantitative estimate of drug-likeness (QED) is 0.524. The molecule has 2 atom stereocenters. The highest BCUT2D eigenvalue weighted by atomic mass is 35.5. The number of halogens is 1. The first-order chi connectivity index (χ1) is 13.3. The van der Waals surface area contributed by atoms with Gasteiger partial charge in [0.15, 0.2) is 17.9 Å². The molecule has 2 unspecified atom stereocenters. The average Bonchev–Trinajstić information content (AvgIpc) is 3.42. The summed E-state index contributed by atoms with van der Waals surface area (Å²) in [6, 6.07) is 16.5. The topological polar surface area (TPSA) is 50.4 Å². The molecule has 0 saturated heterocycles. The summed E-state index contributed by atoms with van der Waals surface area (Å²) >= 11 is 0. The van der Waals surface area contributed by atoms with Gasteiger partial charge in [0, 0.05) is 35.2 Å². The van der Waals surface area contributed by atoms with Crippen LogP contribution in [0.2, 0.25) is 0 Å². The van der Waals surface area contributed by atoms with Crippen molar-refractivity contribution in [3.63, 3.8) is 0 Å². The van der Waals surface area contributed by atoms with Crippen molar-refractivity contribution in [2.45, 2.75) is 23.8 Å². The monoisotopic (exact) mass is 391 g/mol. The van der Waals surface area contributed by atoms with Gasteiger partial charge in [-0.15, -0.1) is 0 Å². The molecular weight excluding hydrogens is 374 g/mol. The third-order valence-electron chi connectivity index (χ3n) is 6.38. The van der Waals surface area contributed by atoms with E-state index in [0.29, 0.717) is 5.75 Å². The molecule has 2 aliphatic heterocycles. The molecule has 1 aromatic carbocycles. The summed E-state index contributed by atoms with van der Waals surface area (Å²) in [5.74, 6) is 0.422. The van der Waals surface area contributed by atoms with Crippen molar-refractivity contribution in [2.24, 2.45) is 0 Å². The summed E-state index contributed by atoms with van der Waals surface area (Å²) in [6.07, 6.45) is 10.2. The molecule has 2 bridgehead atoms. The molecule has 1 aliphatic carbocycles. The zero-order valence-corrected chi connectivity index (χ0v) is 15.7. The second-order valence-electron chi connectivity index (χ2n) is 7.49. The lowest BCUT2D eigenvalue weighted by Crippen LogP contribution is -3.00. The number of phenols is 1. The molecule has 28 heavy (non-hydrogen) atoms. The van der Waals surface area contributed by atoms with E-state index < -0.39 is 0 Å². The Kier molecular flexibility index (Phi) is 3.68. The van der Waals surface area contributed by atoms with Crippen LogP contribution in [0.5, 0.6) is 5.75 Å². The first kappa shape index (κ1) is 17.1. The van der Waals surface area contributed by atoms with Gasteiger partial charge < -0.3 is 26.3 Å². The van der Waals surface area contributed by atoms with Crippen LogP contribution in [-0.4, -0.2) is 5.11 Å². The maximum atomic E-state index is 10.1. The number of aromatic nitrogens is 1. The van der Waals surface area contributed by atoms with Crippen LogP contribution in [0.3, 0.4) is 0 Å². The Balaban J connectivity index is 0.00000171. The molecule has 0 spiro atoms. The van der Waals surface area contributed by atoms with Crippen molar-refractivity contribution in [1.29, 1.82) is 0 Å². The van der Waals surface area contributed by atoms with Gasteiger partial charge >= 0.3 is 0 Å². The highest BCUT2D eigenvalue weighted by molar-refractivity contribution is 5.55. The Morgan fingerprint density at radius 2 is 1.68 bits per heavy atom. The summed E-state index contributed by atoms with van der Waals surface area (Å²) in [6.45, 7) is 0. The molecule has 3 aromatic heterocycles. The van der Waals surface area contributed by atoms with E-state index in [-0.39, 0.29) is 29.8 Å². The lowest BCUT2D eigenvalue weighted by atomic mass is 9.54. The lowest BCUT2D eigenvalue weighted by molar-refractivity contribution is -0.732. The predicted molar refractivity (Wildman–Crippen MR) is 97.5 cm³/mol. The molecule has 0 radical (unpaired) electrons. The fourth-order valence-corrected chi connectivity index (χ4v) is 5.34. The van der Waals surface area contributed by atoms with Crippen LogP contribution in [0.25, 0.3) is 0 Å². The minimum absolute atomic E-state index is 0. The van der Waals surface area contributed by atoms with Crippen molar-refractivity contribution in [2.75, 3.05) is 0 Å². The molecule has 0 amide bonds. The van der Waals surface area contributed by atoms with Crippen molar-refractivity contribution in [3.8, 4) is 5.75 Å². The second kappa shape index (κ2) is 6.01. The average molecular weight is 392 g/mol. The van der Waals surface area contributed by atoms with E-state index in [9.17, 15) is 5.11 Å². The summed E-state index contributed by atoms with van der Waals surface area (Å²) in [4.78, 5) is 0. The van der Waals surface area contributed by atoms with E-state index in [1.165, 1.54) is 16.8 Å². The maximum Gasteiger partial charge on any atom is 0.190 e. The number of phenolic OH excluding ortho intramolecular Hbond substituents is 1. The molecule has 4 nitrogen and oxygen atoms in total. The van der Waals surface area contributed by atoms with Gasteiger partial charge in [0.2, 0.25) is 0 Å². The predicted octanol–water partition coefficient (Wildman–Crippen LogP) is 1.29. The van der Waals surface area contributed by atoms with E-state index in [0.717, 1.165) is 17.5 Å². The van der Waals surface area contributed by atoms with Crippen molar-refractivity contribution in [3.05, 3.63) is 108 Å². The third kappa shape index (κ3) is 2.04. The van der Waals surface area contributed by atoms with Crippen LogP contribution in [0, 0.1) is 0 Å². The van der Waals surface area contributed by atoms with Crippen LogP contribution in [-0.2, 0) is 5.41 Å². The van der Waals surface area contributed by atoms with E-state index in [4.69, 9.17) is 8.83 Å². The summed E-state index contributed by atoms with van der Waals surface area (Å²) in [7, 11) is 0. The molecule has 0 fully saturated rings.